The smallest absolute Gasteiger partial charge is 0.372 e. The standard InChI is InChI=1S/C12H9ClO4/c13-8-3-1-2-6-4-5-7(10(14)9(6)8)11(15)12(16)17/h1-3,7H,4-5H2,(H,16,17). The van der Waals surface area contributed by atoms with Crippen molar-refractivity contribution in [3.05, 3.63) is 34.3 Å². The number of benzene rings is 1. The maximum absolute atomic E-state index is 12.0. The Balaban J connectivity index is 2.43. The van der Waals surface area contributed by atoms with Gasteiger partial charge in [0.25, 0.3) is 5.78 Å². The van der Waals surface area contributed by atoms with E-state index in [9.17, 15) is 14.4 Å². The summed E-state index contributed by atoms with van der Waals surface area (Å²) in [4.78, 5) is 34.0. The van der Waals surface area contributed by atoms with E-state index in [0.717, 1.165) is 5.56 Å². The summed E-state index contributed by atoms with van der Waals surface area (Å²) >= 11 is 5.91. The molecular formula is C12H9ClO4. The fraction of sp³-hybridized carbons (Fsp3) is 0.250. The molecule has 1 N–H and O–H groups in total. The van der Waals surface area contributed by atoms with E-state index in [0.29, 0.717) is 12.0 Å². The van der Waals surface area contributed by atoms with Gasteiger partial charge in [0.15, 0.2) is 5.78 Å². The van der Waals surface area contributed by atoms with Crippen LogP contribution < -0.4 is 0 Å². The van der Waals surface area contributed by atoms with E-state index in [1.165, 1.54) is 0 Å². The third-order valence-corrected chi connectivity index (χ3v) is 3.21. The minimum absolute atomic E-state index is 0.233. The number of ketones is 2. The number of hydrogen-bond donors (Lipinski definition) is 1. The lowest BCUT2D eigenvalue weighted by Gasteiger charge is -2.21. The second-order valence-corrected chi connectivity index (χ2v) is 4.31. The number of Topliss-reactive ketones (excluding diaryl/α,β-unsaturated/α-hetero) is 2. The van der Waals surface area contributed by atoms with Crippen molar-refractivity contribution in [1.82, 2.24) is 0 Å². The molecule has 0 fully saturated rings. The van der Waals surface area contributed by atoms with Gasteiger partial charge in [0.1, 0.15) is 0 Å². The molecule has 0 aromatic heterocycles. The molecule has 0 bridgehead atoms. The van der Waals surface area contributed by atoms with Crippen molar-refractivity contribution in [2.45, 2.75) is 12.8 Å². The van der Waals surface area contributed by atoms with Crippen LogP contribution >= 0.6 is 11.6 Å². The predicted molar refractivity (Wildman–Crippen MR) is 60.2 cm³/mol. The highest BCUT2D eigenvalue weighted by molar-refractivity contribution is 6.41. The third kappa shape index (κ3) is 1.96. The molecule has 17 heavy (non-hydrogen) atoms. The van der Waals surface area contributed by atoms with Gasteiger partial charge >= 0.3 is 5.97 Å². The Labute approximate surface area is 102 Å². The summed E-state index contributed by atoms with van der Waals surface area (Å²) in [5, 5.41) is 8.91. The van der Waals surface area contributed by atoms with Crippen molar-refractivity contribution in [1.29, 1.82) is 0 Å². The van der Waals surface area contributed by atoms with Gasteiger partial charge in [-0.3, -0.25) is 9.59 Å². The lowest BCUT2D eigenvalue weighted by Crippen LogP contribution is -2.34. The third-order valence-electron chi connectivity index (χ3n) is 2.89. The molecule has 5 heteroatoms. The van der Waals surface area contributed by atoms with Crippen molar-refractivity contribution in [3.63, 3.8) is 0 Å². The van der Waals surface area contributed by atoms with Gasteiger partial charge in [-0.15, -0.1) is 0 Å². The number of fused-ring (bicyclic) bond motifs is 1. The minimum atomic E-state index is -1.57. The number of carbonyl (C=O) groups is 3. The summed E-state index contributed by atoms with van der Waals surface area (Å²) in [7, 11) is 0. The van der Waals surface area contributed by atoms with Crippen LogP contribution in [0.15, 0.2) is 18.2 Å². The molecular weight excluding hydrogens is 244 g/mol. The average molecular weight is 253 g/mol. The molecule has 1 atom stereocenters. The topological polar surface area (TPSA) is 71.4 Å². The highest BCUT2D eigenvalue weighted by Gasteiger charge is 2.36. The average Bonchev–Trinajstić information content (AvgIpc) is 2.28. The summed E-state index contributed by atoms with van der Waals surface area (Å²) in [6.45, 7) is 0. The molecule has 1 aromatic carbocycles. The van der Waals surface area contributed by atoms with Gasteiger partial charge in [-0.1, -0.05) is 23.7 Å². The van der Waals surface area contributed by atoms with Crippen molar-refractivity contribution < 1.29 is 19.5 Å². The van der Waals surface area contributed by atoms with Crippen molar-refractivity contribution in [2.24, 2.45) is 5.92 Å². The Morgan fingerprint density at radius 2 is 2.06 bits per heavy atom. The Hall–Kier alpha value is -1.68. The van der Waals surface area contributed by atoms with Gasteiger partial charge in [0.05, 0.1) is 10.9 Å². The molecule has 0 heterocycles. The van der Waals surface area contributed by atoms with Gasteiger partial charge < -0.3 is 5.11 Å². The van der Waals surface area contributed by atoms with Gasteiger partial charge in [-0.25, -0.2) is 4.79 Å². The van der Waals surface area contributed by atoms with E-state index in [2.05, 4.69) is 0 Å². The number of aliphatic carboxylic acids is 1. The zero-order chi connectivity index (χ0) is 12.6. The van der Waals surface area contributed by atoms with Crippen molar-refractivity contribution in [2.75, 3.05) is 0 Å². The first-order chi connectivity index (χ1) is 8.02. The SMILES string of the molecule is O=C(O)C(=O)C1CCc2cccc(Cl)c2C1=O. The number of rotatable bonds is 2. The van der Waals surface area contributed by atoms with Gasteiger partial charge in [0.2, 0.25) is 0 Å². The molecule has 0 radical (unpaired) electrons. The molecule has 1 unspecified atom stereocenters. The van der Waals surface area contributed by atoms with E-state index >= 15 is 0 Å². The lowest BCUT2D eigenvalue weighted by atomic mass is 9.80. The van der Waals surface area contributed by atoms with E-state index < -0.39 is 23.5 Å². The second kappa shape index (κ2) is 4.30. The van der Waals surface area contributed by atoms with Crippen LogP contribution in [0.2, 0.25) is 5.02 Å². The van der Waals surface area contributed by atoms with Crippen LogP contribution in [0.5, 0.6) is 0 Å². The number of carboxylic acids is 1. The number of carboxylic acid groups (broad SMARTS) is 1. The molecule has 0 amide bonds. The Kier molecular flexibility index (Phi) is 2.98. The second-order valence-electron chi connectivity index (χ2n) is 3.90. The summed E-state index contributed by atoms with van der Waals surface area (Å²) in [5.41, 5.74) is 1.07. The van der Waals surface area contributed by atoms with Crippen LogP contribution in [0, 0.1) is 5.92 Å². The summed E-state index contributed by atoms with van der Waals surface area (Å²) < 4.78 is 0. The molecule has 1 aliphatic rings. The lowest BCUT2D eigenvalue weighted by molar-refractivity contribution is -0.150. The fourth-order valence-electron chi connectivity index (χ4n) is 2.06. The normalized spacial score (nSPS) is 18.6. The van der Waals surface area contributed by atoms with Crippen LogP contribution in [-0.4, -0.2) is 22.6 Å². The summed E-state index contributed by atoms with van der Waals surface area (Å²) in [6, 6.07) is 5.06. The van der Waals surface area contributed by atoms with Crippen LogP contribution in [0.4, 0.5) is 0 Å². The number of halogens is 1. The monoisotopic (exact) mass is 252 g/mol. The molecule has 0 aliphatic heterocycles. The van der Waals surface area contributed by atoms with Crippen LogP contribution in [-0.2, 0) is 16.0 Å². The van der Waals surface area contributed by atoms with Crippen LogP contribution in [0.3, 0.4) is 0 Å². The zero-order valence-corrected chi connectivity index (χ0v) is 9.53. The first-order valence-electron chi connectivity index (χ1n) is 5.11. The summed E-state index contributed by atoms with van der Waals surface area (Å²) in [5.74, 6) is -4.21. The summed E-state index contributed by atoms with van der Waals surface area (Å²) in [6.07, 6.45) is 0.725. The molecule has 88 valence electrons. The van der Waals surface area contributed by atoms with E-state index in [1.54, 1.807) is 18.2 Å². The van der Waals surface area contributed by atoms with Gasteiger partial charge in [-0.2, -0.15) is 0 Å². The fourth-order valence-corrected chi connectivity index (χ4v) is 2.34. The van der Waals surface area contributed by atoms with E-state index in [4.69, 9.17) is 16.7 Å². The number of hydrogen-bond acceptors (Lipinski definition) is 3. The zero-order valence-electron chi connectivity index (χ0n) is 8.77. The predicted octanol–water partition coefficient (Wildman–Crippen LogP) is 1.74. The molecule has 1 aromatic rings. The Morgan fingerprint density at radius 3 is 2.71 bits per heavy atom. The number of carbonyl (C=O) groups excluding carboxylic acids is 2. The molecule has 4 nitrogen and oxygen atoms in total. The minimum Gasteiger partial charge on any atom is -0.475 e. The Bertz CT molecular complexity index is 521. The van der Waals surface area contributed by atoms with Crippen LogP contribution in [0.1, 0.15) is 22.3 Å². The highest BCUT2D eigenvalue weighted by Crippen LogP contribution is 2.31. The van der Waals surface area contributed by atoms with E-state index in [1.807, 2.05) is 0 Å². The highest BCUT2D eigenvalue weighted by atomic mass is 35.5. The maximum Gasteiger partial charge on any atom is 0.372 e. The first-order valence-corrected chi connectivity index (χ1v) is 5.49. The van der Waals surface area contributed by atoms with E-state index in [-0.39, 0.29) is 11.4 Å². The maximum atomic E-state index is 12.0. The van der Waals surface area contributed by atoms with Crippen molar-refractivity contribution in [3.8, 4) is 0 Å². The largest absolute Gasteiger partial charge is 0.475 e. The molecule has 0 saturated heterocycles. The Morgan fingerprint density at radius 1 is 1.35 bits per heavy atom. The molecule has 2 rings (SSSR count). The van der Waals surface area contributed by atoms with Gasteiger partial charge in [0, 0.05) is 5.56 Å². The first kappa shape index (κ1) is 11.8. The van der Waals surface area contributed by atoms with Gasteiger partial charge in [-0.05, 0) is 24.5 Å². The van der Waals surface area contributed by atoms with Crippen molar-refractivity contribution >= 4 is 29.1 Å². The molecule has 1 aliphatic carbocycles. The number of aryl methyl sites for hydroxylation is 1. The molecule has 0 saturated carbocycles. The quantitative estimate of drug-likeness (QED) is 0.643. The van der Waals surface area contributed by atoms with Crippen LogP contribution in [0.25, 0.3) is 0 Å². The molecule has 0 spiro atoms.